The van der Waals surface area contributed by atoms with Crippen LogP contribution in [-0.4, -0.2) is 201 Å². The number of benzene rings is 4. The highest BCUT2D eigenvalue weighted by Gasteiger charge is 2.19. The van der Waals surface area contributed by atoms with E-state index in [0.29, 0.717) is 0 Å². The molecule has 4 aromatic rings. The molecule has 78 heavy (non-hydrogen) atoms. The van der Waals surface area contributed by atoms with Crippen LogP contribution < -0.4 is 38.5 Å². The molecule has 0 aromatic heterocycles. The molecule has 436 valence electrons. The minimum absolute atomic E-state index is 0.0382. The zero-order valence-electron chi connectivity index (χ0n) is 47.1. The van der Waals surface area contributed by atoms with Gasteiger partial charge in [-0.05, 0) is 74.2 Å². The van der Waals surface area contributed by atoms with Crippen molar-refractivity contribution in [2.75, 3.05) is 191 Å². The molecule has 4 aliphatic heterocycles. The van der Waals surface area contributed by atoms with Gasteiger partial charge in [0.2, 0.25) is 0 Å². The summed E-state index contributed by atoms with van der Waals surface area (Å²) in [5.41, 5.74) is 4.90. The molecular weight excluding hydrogens is 1070 g/mol. The molecular formula is C55H82N4O16S3. The van der Waals surface area contributed by atoms with Crippen molar-refractivity contribution in [2.45, 2.75) is 6.92 Å². The number of methoxy groups -OCH3 is 7. The smallest absolute Gasteiger partial charge is 0.331 e. The maximum absolute atomic E-state index is 10.1. The van der Waals surface area contributed by atoms with Crippen molar-refractivity contribution >= 4 is 81.9 Å². The van der Waals surface area contributed by atoms with Gasteiger partial charge in [0.15, 0.2) is 0 Å². The van der Waals surface area contributed by atoms with E-state index in [1.54, 1.807) is 0 Å². The standard InChI is InChI=1S/3C10H13NOS.C10H13NO.3C4H8O3.C3H6O3/c3*1-13-8-11-6-7-12-10-5-3-2-4-9(10)11;1-2-11-7-8-12-10-6-4-3-5-9(10)11;3*1-6-3-4(5)7-2;1-6-2-3(4)5/h3*2-5H,6-8H2,1H3;3-6H,2,7-8H2,1H3;3*3H2,1-2H3;2H2,1H3,(H,4,5). The maximum atomic E-state index is 10.1. The zero-order chi connectivity index (χ0) is 57.8. The molecule has 8 rings (SSSR count). The summed E-state index contributed by atoms with van der Waals surface area (Å²) in [6.45, 7) is 10.4. The Morgan fingerprint density at radius 1 is 0.423 bits per heavy atom. The second-order valence-corrected chi connectivity index (χ2v) is 18.2. The van der Waals surface area contributed by atoms with Crippen LogP contribution in [-0.2, 0) is 52.3 Å². The van der Waals surface area contributed by atoms with Crippen molar-refractivity contribution in [3.8, 4) is 23.0 Å². The van der Waals surface area contributed by atoms with Crippen molar-refractivity contribution < 1.29 is 76.4 Å². The van der Waals surface area contributed by atoms with Gasteiger partial charge >= 0.3 is 23.9 Å². The number of para-hydroxylation sites is 8. The highest BCUT2D eigenvalue weighted by Crippen LogP contribution is 2.34. The van der Waals surface area contributed by atoms with Crippen LogP contribution in [0.2, 0.25) is 0 Å². The molecule has 0 atom stereocenters. The van der Waals surface area contributed by atoms with Gasteiger partial charge in [-0.3, -0.25) is 0 Å². The molecule has 20 nitrogen and oxygen atoms in total. The summed E-state index contributed by atoms with van der Waals surface area (Å²) in [7, 11) is 9.63. The Bertz CT molecular complexity index is 2050. The SMILES string of the molecule is CCN1CCOc2ccccc21.COCC(=O)O.COCC(=O)OC.COCC(=O)OC.COCC(=O)OC.CSCN1CCOc2ccccc21.CSCN1CCOc2ccccc21.CSCN1CCOc2ccccc21. The van der Waals surface area contributed by atoms with Crippen molar-refractivity contribution in [3.63, 3.8) is 0 Å². The first kappa shape index (κ1) is 70.1. The van der Waals surface area contributed by atoms with E-state index in [2.05, 4.69) is 127 Å². The van der Waals surface area contributed by atoms with Gasteiger partial charge in [-0.2, -0.15) is 0 Å². The summed E-state index contributed by atoms with van der Waals surface area (Å²) in [5, 5.41) is 7.79. The molecule has 4 aliphatic rings. The number of hydrogen-bond acceptors (Lipinski definition) is 22. The molecule has 4 aromatic carbocycles. The number of aliphatic carboxylic acids is 1. The number of rotatable bonds is 15. The van der Waals surface area contributed by atoms with E-state index >= 15 is 0 Å². The van der Waals surface area contributed by atoms with E-state index in [0.717, 1.165) is 99.8 Å². The molecule has 4 heterocycles. The number of nitrogens with zero attached hydrogens (tertiary/aromatic N) is 4. The Kier molecular flexibility index (Phi) is 40.4. The first-order valence-electron chi connectivity index (χ1n) is 24.6. The van der Waals surface area contributed by atoms with Crippen LogP contribution in [0.15, 0.2) is 97.1 Å². The van der Waals surface area contributed by atoms with Crippen LogP contribution in [0.3, 0.4) is 0 Å². The summed E-state index contributed by atoms with van der Waals surface area (Å²) in [4.78, 5) is 49.1. The summed E-state index contributed by atoms with van der Waals surface area (Å²) >= 11 is 5.53. The molecule has 0 radical (unpaired) electrons. The third kappa shape index (κ3) is 29.1. The van der Waals surface area contributed by atoms with Crippen LogP contribution in [0.1, 0.15) is 6.92 Å². The zero-order valence-corrected chi connectivity index (χ0v) is 49.6. The molecule has 23 heteroatoms. The number of ether oxygens (including phenoxy) is 11. The molecule has 0 saturated heterocycles. The topological polar surface area (TPSA) is 203 Å². The highest BCUT2D eigenvalue weighted by atomic mass is 32.2. The molecule has 0 unspecified atom stereocenters. The van der Waals surface area contributed by atoms with Crippen molar-refractivity contribution in [3.05, 3.63) is 97.1 Å². The Hall–Kier alpha value is -5.95. The summed E-state index contributed by atoms with van der Waals surface area (Å²) in [6, 6.07) is 32.8. The average molecular weight is 1150 g/mol. The number of likely N-dealkylation sites (N-methyl/N-ethyl adjacent to an activating group) is 1. The Balaban J connectivity index is 0.000000455. The maximum Gasteiger partial charge on any atom is 0.331 e. The van der Waals surface area contributed by atoms with Gasteiger partial charge in [0.25, 0.3) is 0 Å². The predicted molar refractivity (Wildman–Crippen MR) is 314 cm³/mol. The number of thioether (sulfide) groups is 3. The minimum Gasteiger partial charge on any atom is -0.490 e. The second kappa shape index (κ2) is 45.0. The lowest BCUT2D eigenvalue weighted by Gasteiger charge is -2.30. The minimum atomic E-state index is -0.933. The van der Waals surface area contributed by atoms with Gasteiger partial charge in [-0.15, -0.1) is 35.3 Å². The number of fused-ring (bicyclic) bond motifs is 4. The molecule has 0 aliphatic carbocycles. The highest BCUT2D eigenvalue weighted by molar-refractivity contribution is 7.99. The molecule has 0 spiro atoms. The quantitative estimate of drug-likeness (QED) is 0.0897. The largest absolute Gasteiger partial charge is 0.490 e. The van der Waals surface area contributed by atoms with Crippen molar-refractivity contribution in [2.24, 2.45) is 0 Å². The molecule has 0 saturated carbocycles. The fourth-order valence-corrected chi connectivity index (χ4v) is 8.50. The third-order valence-corrected chi connectivity index (χ3v) is 12.0. The van der Waals surface area contributed by atoms with Crippen LogP contribution in [0, 0.1) is 0 Å². The number of carbonyl (C=O) groups excluding carboxylic acids is 3. The number of carbonyl (C=O) groups is 4. The molecule has 1 N–H and O–H groups in total. The lowest BCUT2D eigenvalue weighted by Crippen LogP contribution is -2.32. The number of hydrogen-bond donors (Lipinski definition) is 1. The second-order valence-electron chi connectivity index (χ2n) is 15.7. The van der Waals surface area contributed by atoms with Crippen LogP contribution in [0.25, 0.3) is 0 Å². The summed E-state index contributed by atoms with van der Waals surface area (Å²) < 4.78 is 52.3. The van der Waals surface area contributed by atoms with Gasteiger partial charge in [0.05, 0.1) is 87.9 Å². The van der Waals surface area contributed by atoms with Gasteiger partial charge in [0.1, 0.15) is 75.9 Å². The van der Waals surface area contributed by atoms with E-state index in [9.17, 15) is 19.2 Å². The first-order valence-corrected chi connectivity index (χ1v) is 28.8. The number of anilines is 4. The Labute approximate surface area is 474 Å². The fraction of sp³-hybridized carbons (Fsp3) is 0.491. The van der Waals surface area contributed by atoms with Crippen LogP contribution in [0.5, 0.6) is 23.0 Å². The number of carboxylic acids is 1. The average Bonchev–Trinajstić information content (AvgIpc) is 3.47. The molecule has 0 bridgehead atoms. The number of esters is 3. The van der Waals surface area contributed by atoms with E-state index in [1.807, 2.05) is 83.8 Å². The normalized spacial score (nSPS) is 12.7. The molecule has 0 amide bonds. The first-order chi connectivity index (χ1) is 37.9. The van der Waals surface area contributed by atoms with Gasteiger partial charge < -0.3 is 76.8 Å². The van der Waals surface area contributed by atoms with Gasteiger partial charge in [0, 0.05) is 35.0 Å². The fourth-order valence-electron chi connectivity index (χ4n) is 6.76. The van der Waals surface area contributed by atoms with E-state index in [-0.39, 0.29) is 44.3 Å². The van der Waals surface area contributed by atoms with E-state index < -0.39 is 5.97 Å². The van der Waals surface area contributed by atoms with E-state index in [4.69, 9.17) is 24.1 Å². The van der Waals surface area contributed by atoms with E-state index in [1.165, 1.54) is 72.5 Å². The Morgan fingerprint density at radius 2 is 0.667 bits per heavy atom. The number of carboxylic acid groups (broad SMARTS) is 1. The monoisotopic (exact) mass is 1150 g/mol. The van der Waals surface area contributed by atoms with Crippen molar-refractivity contribution in [1.29, 1.82) is 0 Å². The molecule has 0 fully saturated rings. The van der Waals surface area contributed by atoms with Crippen LogP contribution in [0.4, 0.5) is 22.7 Å². The lowest BCUT2D eigenvalue weighted by molar-refractivity contribution is -0.145. The van der Waals surface area contributed by atoms with Gasteiger partial charge in [-0.1, -0.05) is 48.5 Å². The van der Waals surface area contributed by atoms with Crippen LogP contribution >= 0.6 is 35.3 Å². The lowest BCUT2D eigenvalue weighted by atomic mass is 10.2. The predicted octanol–water partition coefficient (Wildman–Crippen LogP) is 7.66. The summed E-state index contributed by atoms with van der Waals surface area (Å²) in [5.74, 6) is 5.23. The Morgan fingerprint density at radius 3 is 0.859 bits per heavy atom. The van der Waals surface area contributed by atoms with Gasteiger partial charge in [-0.25, -0.2) is 19.2 Å². The third-order valence-electron chi connectivity index (χ3n) is 10.3. The summed E-state index contributed by atoms with van der Waals surface area (Å²) in [6.07, 6.45) is 6.37. The van der Waals surface area contributed by atoms with Crippen molar-refractivity contribution in [1.82, 2.24) is 0 Å².